The standard InChI is InChI=1S/C13H16O3/c1-9-3-4-11(5-10(9)2)6-13(12(14)15)7-16-8-13/h3-5H,6-8H2,1-2H3,(H,14,15). The van der Waals surface area contributed by atoms with Crippen molar-refractivity contribution in [3.63, 3.8) is 0 Å². The van der Waals surface area contributed by atoms with Crippen LogP contribution in [0.1, 0.15) is 16.7 Å². The van der Waals surface area contributed by atoms with Crippen molar-refractivity contribution >= 4 is 5.97 Å². The van der Waals surface area contributed by atoms with Gasteiger partial charge in [0, 0.05) is 0 Å². The van der Waals surface area contributed by atoms with Crippen LogP contribution in [0.4, 0.5) is 0 Å². The summed E-state index contributed by atoms with van der Waals surface area (Å²) in [5.74, 6) is -0.753. The minimum Gasteiger partial charge on any atom is -0.481 e. The highest BCUT2D eigenvalue weighted by molar-refractivity contribution is 5.76. The molecule has 3 heteroatoms. The minimum absolute atomic E-state index is 0.329. The van der Waals surface area contributed by atoms with Gasteiger partial charge in [0.2, 0.25) is 0 Å². The van der Waals surface area contributed by atoms with Gasteiger partial charge in [0.1, 0.15) is 5.41 Å². The molecule has 1 aliphatic rings. The van der Waals surface area contributed by atoms with E-state index in [-0.39, 0.29) is 0 Å². The Labute approximate surface area is 95.0 Å². The number of benzene rings is 1. The van der Waals surface area contributed by atoms with Gasteiger partial charge >= 0.3 is 5.97 Å². The Bertz CT molecular complexity index is 419. The average Bonchev–Trinajstić information content (AvgIpc) is 2.16. The van der Waals surface area contributed by atoms with Gasteiger partial charge in [-0.2, -0.15) is 0 Å². The van der Waals surface area contributed by atoms with Crippen molar-refractivity contribution in [1.29, 1.82) is 0 Å². The summed E-state index contributed by atoms with van der Waals surface area (Å²) in [5, 5.41) is 9.19. The Balaban J connectivity index is 2.20. The van der Waals surface area contributed by atoms with Crippen molar-refractivity contribution in [2.45, 2.75) is 20.3 Å². The fraction of sp³-hybridized carbons (Fsp3) is 0.462. The molecule has 3 nitrogen and oxygen atoms in total. The number of hydrogen-bond donors (Lipinski definition) is 1. The largest absolute Gasteiger partial charge is 0.481 e. The second-order valence-corrected chi connectivity index (χ2v) is 4.67. The predicted octanol–water partition coefficient (Wildman–Crippen LogP) is 1.95. The molecule has 86 valence electrons. The highest BCUT2D eigenvalue weighted by Crippen LogP contribution is 2.32. The van der Waals surface area contributed by atoms with Crippen LogP contribution in [0.15, 0.2) is 18.2 Å². The number of ether oxygens (including phenoxy) is 1. The lowest BCUT2D eigenvalue weighted by Crippen LogP contribution is -2.50. The number of hydrogen-bond acceptors (Lipinski definition) is 2. The van der Waals surface area contributed by atoms with Gasteiger partial charge in [-0.1, -0.05) is 18.2 Å². The van der Waals surface area contributed by atoms with E-state index >= 15 is 0 Å². The number of aliphatic carboxylic acids is 1. The van der Waals surface area contributed by atoms with Crippen LogP contribution in [0.25, 0.3) is 0 Å². The van der Waals surface area contributed by atoms with Crippen LogP contribution in [0.2, 0.25) is 0 Å². The van der Waals surface area contributed by atoms with Crippen LogP contribution < -0.4 is 0 Å². The molecule has 0 saturated carbocycles. The van der Waals surface area contributed by atoms with Crippen LogP contribution in [-0.2, 0) is 16.0 Å². The molecule has 1 heterocycles. The second kappa shape index (κ2) is 3.91. The highest BCUT2D eigenvalue weighted by atomic mass is 16.5. The third kappa shape index (κ3) is 1.83. The van der Waals surface area contributed by atoms with Gasteiger partial charge in [0.25, 0.3) is 0 Å². The molecule has 1 fully saturated rings. The molecular weight excluding hydrogens is 204 g/mol. The Morgan fingerprint density at radius 2 is 2.06 bits per heavy atom. The molecule has 0 spiro atoms. The van der Waals surface area contributed by atoms with E-state index in [9.17, 15) is 9.90 Å². The van der Waals surface area contributed by atoms with Crippen molar-refractivity contribution in [2.24, 2.45) is 5.41 Å². The number of rotatable bonds is 3. The van der Waals surface area contributed by atoms with Gasteiger partial charge in [-0.25, -0.2) is 0 Å². The van der Waals surface area contributed by atoms with E-state index < -0.39 is 11.4 Å². The zero-order valence-corrected chi connectivity index (χ0v) is 9.62. The summed E-state index contributed by atoms with van der Waals surface area (Å²) in [6.45, 7) is 4.76. The van der Waals surface area contributed by atoms with Crippen molar-refractivity contribution in [1.82, 2.24) is 0 Å². The van der Waals surface area contributed by atoms with Gasteiger partial charge in [-0.15, -0.1) is 0 Å². The third-order valence-corrected chi connectivity index (χ3v) is 3.32. The van der Waals surface area contributed by atoms with Crippen LogP contribution in [0.5, 0.6) is 0 Å². The van der Waals surface area contributed by atoms with Gasteiger partial charge < -0.3 is 9.84 Å². The average molecular weight is 220 g/mol. The van der Waals surface area contributed by atoms with Gasteiger partial charge in [0.15, 0.2) is 0 Å². The first kappa shape index (κ1) is 11.1. The van der Waals surface area contributed by atoms with Crippen molar-refractivity contribution in [3.05, 3.63) is 34.9 Å². The zero-order valence-electron chi connectivity index (χ0n) is 9.62. The van der Waals surface area contributed by atoms with Gasteiger partial charge in [-0.05, 0) is 37.0 Å². The summed E-state index contributed by atoms with van der Waals surface area (Å²) in [6, 6.07) is 6.11. The Morgan fingerprint density at radius 1 is 1.38 bits per heavy atom. The molecule has 1 aromatic carbocycles. The van der Waals surface area contributed by atoms with E-state index in [2.05, 4.69) is 13.0 Å². The maximum Gasteiger partial charge on any atom is 0.314 e. The van der Waals surface area contributed by atoms with Crippen LogP contribution in [0.3, 0.4) is 0 Å². The van der Waals surface area contributed by atoms with E-state index in [1.807, 2.05) is 19.1 Å². The molecule has 16 heavy (non-hydrogen) atoms. The summed E-state index contributed by atoms with van der Waals surface area (Å²) in [5.41, 5.74) is 2.83. The van der Waals surface area contributed by atoms with E-state index in [0.717, 1.165) is 5.56 Å². The Kier molecular flexibility index (Phi) is 2.72. The van der Waals surface area contributed by atoms with Gasteiger partial charge in [-0.3, -0.25) is 4.79 Å². The molecule has 0 aromatic heterocycles. The minimum atomic E-state index is -0.753. The summed E-state index contributed by atoms with van der Waals surface area (Å²) in [6.07, 6.45) is 0.559. The first-order valence-electron chi connectivity index (χ1n) is 5.41. The molecule has 0 amide bonds. The summed E-state index contributed by atoms with van der Waals surface area (Å²) < 4.78 is 5.04. The normalized spacial score (nSPS) is 17.9. The maximum absolute atomic E-state index is 11.2. The number of carboxylic acids is 1. The van der Waals surface area contributed by atoms with Crippen LogP contribution in [0, 0.1) is 19.3 Å². The lowest BCUT2D eigenvalue weighted by Gasteiger charge is -2.37. The number of carboxylic acid groups (broad SMARTS) is 1. The number of aryl methyl sites for hydroxylation is 2. The molecule has 0 radical (unpaired) electrons. The SMILES string of the molecule is Cc1ccc(CC2(C(=O)O)COC2)cc1C. The molecule has 1 N–H and O–H groups in total. The number of carbonyl (C=O) groups is 1. The highest BCUT2D eigenvalue weighted by Gasteiger charge is 2.46. The van der Waals surface area contributed by atoms with E-state index in [1.54, 1.807) is 0 Å². The molecule has 0 aliphatic carbocycles. The lowest BCUT2D eigenvalue weighted by atomic mass is 9.79. The van der Waals surface area contributed by atoms with Crippen molar-refractivity contribution in [3.8, 4) is 0 Å². The van der Waals surface area contributed by atoms with E-state index in [4.69, 9.17) is 4.74 Å². The maximum atomic E-state index is 11.2. The third-order valence-electron chi connectivity index (χ3n) is 3.32. The fourth-order valence-electron chi connectivity index (χ4n) is 1.95. The quantitative estimate of drug-likeness (QED) is 0.846. The molecule has 1 aromatic rings. The molecule has 1 aliphatic heterocycles. The predicted molar refractivity (Wildman–Crippen MR) is 60.5 cm³/mol. The monoisotopic (exact) mass is 220 g/mol. The molecule has 1 saturated heterocycles. The second-order valence-electron chi connectivity index (χ2n) is 4.67. The summed E-state index contributed by atoms with van der Waals surface area (Å²) in [7, 11) is 0. The van der Waals surface area contributed by atoms with Crippen molar-refractivity contribution in [2.75, 3.05) is 13.2 Å². The molecule has 0 atom stereocenters. The first-order chi connectivity index (χ1) is 7.53. The Morgan fingerprint density at radius 3 is 2.50 bits per heavy atom. The van der Waals surface area contributed by atoms with Crippen molar-refractivity contribution < 1.29 is 14.6 Å². The van der Waals surface area contributed by atoms with Crippen LogP contribution in [-0.4, -0.2) is 24.3 Å². The topological polar surface area (TPSA) is 46.5 Å². The van der Waals surface area contributed by atoms with E-state index in [1.165, 1.54) is 11.1 Å². The molecular formula is C13H16O3. The smallest absolute Gasteiger partial charge is 0.314 e. The molecule has 0 unspecified atom stereocenters. The van der Waals surface area contributed by atoms with Crippen LogP contribution >= 0.6 is 0 Å². The lowest BCUT2D eigenvalue weighted by molar-refractivity contribution is -0.179. The Hall–Kier alpha value is -1.35. The zero-order chi connectivity index (χ0) is 11.8. The summed E-state index contributed by atoms with van der Waals surface area (Å²) in [4.78, 5) is 11.2. The van der Waals surface area contributed by atoms with Gasteiger partial charge in [0.05, 0.1) is 13.2 Å². The van der Waals surface area contributed by atoms with E-state index in [0.29, 0.717) is 19.6 Å². The molecule has 0 bridgehead atoms. The fourth-order valence-corrected chi connectivity index (χ4v) is 1.95. The summed E-state index contributed by atoms with van der Waals surface area (Å²) >= 11 is 0. The molecule has 2 rings (SSSR count). The first-order valence-corrected chi connectivity index (χ1v) is 5.41.